The molecule has 0 saturated heterocycles. The van der Waals surface area contributed by atoms with Crippen LogP contribution in [0.4, 0.5) is 13.2 Å². The Morgan fingerprint density at radius 3 is 2.76 bits per heavy atom. The predicted octanol–water partition coefficient (Wildman–Crippen LogP) is 2.30. The zero-order valence-corrected chi connectivity index (χ0v) is 13.9. The van der Waals surface area contributed by atoms with Crippen LogP contribution in [0.3, 0.4) is 0 Å². The molecule has 25 heavy (non-hydrogen) atoms. The molecule has 2 aromatic rings. The summed E-state index contributed by atoms with van der Waals surface area (Å²) in [6, 6.07) is 1.60. The molecule has 134 valence electrons. The van der Waals surface area contributed by atoms with E-state index in [9.17, 15) is 18.0 Å². The van der Waals surface area contributed by atoms with Gasteiger partial charge in [0, 0.05) is 31.4 Å². The number of halogens is 3. The van der Waals surface area contributed by atoms with Crippen molar-refractivity contribution in [3.8, 4) is 0 Å². The van der Waals surface area contributed by atoms with Crippen LogP contribution >= 0.6 is 0 Å². The third-order valence-corrected chi connectivity index (χ3v) is 4.13. The van der Waals surface area contributed by atoms with Crippen molar-refractivity contribution < 1.29 is 18.0 Å². The van der Waals surface area contributed by atoms with Gasteiger partial charge in [0.2, 0.25) is 0 Å². The molecule has 1 aliphatic rings. The maximum Gasteiger partial charge on any atom is 0.434 e. The zero-order valence-electron chi connectivity index (χ0n) is 13.9. The van der Waals surface area contributed by atoms with E-state index >= 15 is 0 Å². The van der Waals surface area contributed by atoms with E-state index in [-0.39, 0.29) is 11.8 Å². The lowest BCUT2D eigenvalue weighted by Crippen LogP contribution is -2.34. The summed E-state index contributed by atoms with van der Waals surface area (Å²) in [5.41, 5.74) is 0.140. The minimum Gasteiger partial charge on any atom is -0.350 e. The van der Waals surface area contributed by atoms with E-state index < -0.39 is 11.9 Å². The molecule has 6 nitrogen and oxygen atoms in total. The minimum atomic E-state index is -4.43. The molecular weight excluding hydrogens is 335 g/mol. The summed E-state index contributed by atoms with van der Waals surface area (Å²) in [5.74, 6) is 0.708. The summed E-state index contributed by atoms with van der Waals surface area (Å²) in [6.07, 6.45) is -2.25. The number of aryl methyl sites for hydroxylation is 3. The molecule has 1 amide bonds. The van der Waals surface area contributed by atoms with Crippen LogP contribution in [-0.4, -0.2) is 32.0 Å². The van der Waals surface area contributed by atoms with Gasteiger partial charge in [0.25, 0.3) is 5.91 Å². The molecule has 1 N–H and O–H groups in total. The third kappa shape index (κ3) is 3.97. The van der Waals surface area contributed by atoms with Crippen LogP contribution in [0.5, 0.6) is 0 Å². The van der Waals surface area contributed by atoms with Crippen molar-refractivity contribution in [1.29, 1.82) is 0 Å². The number of imidazole rings is 1. The average Bonchev–Trinajstić information content (AvgIpc) is 2.95. The number of carbonyl (C=O) groups is 1. The van der Waals surface area contributed by atoms with Gasteiger partial charge < -0.3 is 9.88 Å². The van der Waals surface area contributed by atoms with Gasteiger partial charge in [0.1, 0.15) is 17.3 Å². The highest BCUT2D eigenvalue weighted by atomic mass is 19.4. The second-order valence-corrected chi connectivity index (χ2v) is 6.25. The van der Waals surface area contributed by atoms with E-state index in [1.54, 1.807) is 19.9 Å². The van der Waals surface area contributed by atoms with Crippen LogP contribution < -0.4 is 5.32 Å². The molecular formula is C16H18F3N5O. The summed E-state index contributed by atoms with van der Waals surface area (Å²) in [7, 11) is 0. The Bertz CT molecular complexity index is 779. The van der Waals surface area contributed by atoms with Crippen LogP contribution in [-0.2, 0) is 19.1 Å². The summed E-state index contributed by atoms with van der Waals surface area (Å²) in [5, 5.41) is 2.81. The van der Waals surface area contributed by atoms with E-state index in [1.807, 2.05) is 0 Å². The Hall–Kier alpha value is -2.45. The van der Waals surface area contributed by atoms with E-state index in [0.29, 0.717) is 49.0 Å². The normalized spacial score (nSPS) is 17.2. The number of nitrogens with zero attached hydrogens (tertiary/aromatic N) is 4. The highest BCUT2D eigenvalue weighted by Crippen LogP contribution is 2.30. The fourth-order valence-corrected chi connectivity index (χ4v) is 2.98. The Morgan fingerprint density at radius 2 is 2.08 bits per heavy atom. The second-order valence-electron chi connectivity index (χ2n) is 6.25. The minimum absolute atomic E-state index is 0.0516. The van der Waals surface area contributed by atoms with E-state index in [1.165, 1.54) is 4.57 Å². The fourth-order valence-electron chi connectivity index (χ4n) is 2.98. The molecule has 1 atom stereocenters. The molecule has 3 heterocycles. The standard InChI is InChI=1S/C16H18F3N5O/c1-9-5-12(22-10(2)21-9)15(25)20-6-11-3-4-14-23-13(16(17,18)19)8-24(14)7-11/h5,8,11H,3-4,6-7H2,1-2H3,(H,20,25). The first-order valence-electron chi connectivity index (χ1n) is 7.96. The van der Waals surface area contributed by atoms with E-state index in [2.05, 4.69) is 20.3 Å². The lowest BCUT2D eigenvalue weighted by molar-refractivity contribution is -0.141. The van der Waals surface area contributed by atoms with Crippen LogP contribution in [0.1, 0.15) is 39.9 Å². The maximum absolute atomic E-state index is 12.7. The monoisotopic (exact) mass is 353 g/mol. The highest BCUT2D eigenvalue weighted by molar-refractivity contribution is 5.92. The first-order valence-corrected chi connectivity index (χ1v) is 7.96. The largest absolute Gasteiger partial charge is 0.434 e. The van der Waals surface area contributed by atoms with Crippen LogP contribution in [0.2, 0.25) is 0 Å². The molecule has 0 fully saturated rings. The molecule has 0 aromatic carbocycles. The number of aromatic nitrogens is 4. The van der Waals surface area contributed by atoms with Gasteiger partial charge in [-0.2, -0.15) is 13.2 Å². The first-order chi connectivity index (χ1) is 11.7. The Morgan fingerprint density at radius 1 is 1.32 bits per heavy atom. The van der Waals surface area contributed by atoms with Gasteiger partial charge in [-0.3, -0.25) is 4.79 Å². The van der Waals surface area contributed by atoms with Gasteiger partial charge in [-0.25, -0.2) is 15.0 Å². The number of nitrogens with one attached hydrogen (secondary N) is 1. The van der Waals surface area contributed by atoms with Crippen LogP contribution in [0.15, 0.2) is 12.3 Å². The molecule has 9 heteroatoms. The number of hydrogen-bond donors (Lipinski definition) is 1. The van der Waals surface area contributed by atoms with E-state index in [4.69, 9.17) is 0 Å². The smallest absolute Gasteiger partial charge is 0.350 e. The maximum atomic E-state index is 12.7. The van der Waals surface area contributed by atoms with Crippen molar-refractivity contribution in [3.63, 3.8) is 0 Å². The van der Waals surface area contributed by atoms with Crippen molar-refractivity contribution >= 4 is 5.91 Å². The Labute approximate surface area is 142 Å². The summed E-state index contributed by atoms with van der Waals surface area (Å²) in [4.78, 5) is 24.1. The van der Waals surface area contributed by atoms with Gasteiger partial charge in [-0.1, -0.05) is 0 Å². The highest BCUT2D eigenvalue weighted by Gasteiger charge is 2.35. The van der Waals surface area contributed by atoms with Crippen molar-refractivity contribution in [2.75, 3.05) is 6.54 Å². The number of hydrogen-bond acceptors (Lipinski definition) is 4. The summed E-state index contributed by atoms with van der Waals surface area (Å²) >= 11 is 0. The summed E-state index contributed by atoms with van der Waals surface area (Å²) in [6.45, 7) is 4.27. The van der Waals surface area contributed by atoms with Crippen molar-refractivity contribution in [1.82, 2.24) is 24.8 Å². The number of alkyl halides is 3. The lowest BCUT2D eigenvalue weighted by Gasteiger charge is -2.23. The van der Waals surface area contributed by atoms with Crippen molar-refractivity contribution in [2.45, 2.75) is 39.4 Å². The second kappa shape index (κ2) is 6.45. The van der Waals surface area contributed by atoms with Crippen molar-refractivity contribution in [3.05, 3.63) is 41.0 Å². The molecule has 0 aliphatic carbocycles. The molecule has 0 bridgehead atoms. The van der Waals surface area contributed by atoms with Gasteiger partial charge in [-0.15, -0.1) is 0 Å². The number of carbonyl (C=O) groups excluding carboxylic acids is 1. The van der Waals surface area contributed by atoms with E-state index in [0.717, 1.165) is 6.20 Å². The molecule has 0 saturated carbocycles. The van der Waals surface area contributed by atoms with Gasteiger partial charge in [0.05, 0.1) is 0 Å². The van der Waals surface area contributed by atoms with Crippen LogP contribution in [0, 0.1) is 19.8 Å². The molecule has 1 unspecified atom stereocenters. The quantitative estimate of drug-likeness (QED) is 0.919. The fraction of sp³-hybridized carbons (Fsp3) is 0.500. The molecule has 2 aromatic heterocycles. The summed E-state index contributed by atoms with van der Waals surface area (Å²) < 4.78 is 39.7. The molecule has 0 spiro atoms. The first kappa shape index (κ1) is 17.4. The van der Waals surface area contributed by atoms with Gasteiger partial charge >= 0.3 is 6.18 Å². The Kier molecular flexibility index (Phi) is 4.49. The average molecular weight is 353 g/mol. The zero-order chi connectivity index (χ0) is 18.2. The number of fused-ring (bicyclic) bond motifs is 1. The number of amides is 1. The molecule has 3 rings (SSSR count). The van der Waals surface area contributed by atoms with Gasteiger partial charge in [0.15, 0.2) is 5.69 Å². The molecule has 1 aliphatic heterocycles. The van der Waals surface area contributed by atoms with Gasteiger partial charge in [-0.05, 0) is 32.3 Å². The number of rotatable bonds is 3. The Balaban J connectivity index is 1.61. The van der Waals surface area contributed by atoms with Crippen LogP contribution in [0.25, 0.3) is 0 Å². The third-order valence-electron chi connectivity index (χ3n) is 4.13. The predicted molar refractivity (Wildman–Crippen MR) is 82.9 cm³/mol. The molecule has 0 radical (unpaired) electrons. The SMILES string of the molecule is Cc1cc(C(=O)NCC2CCc3nc(C(F)(F)F)cn3C2)nc(C)n1. The van der Waals surface area contributed by atoms with Crippen molar-refractivity contribution in [2.24, 2.45) is 5.92 Å². The topological polar surface area (TPSA) is 72.7 Å². The lowest BCUT2D eigenvalue weighted by atomic mass is 9.99.